The standard InChI is InChI=1S/C67H44N2/c1-4-14-44(15-5-1)46-30-35-53(36-31-46)69(55-39-40-57-56-22-10-11-25-61(56)67(62(57)43-55,51-18-6-2-7-19-51)52-20-8-3-9-21-52)54-37-32-47(33-38-54)45-26-28-48(29-27-45)50-34-41-63-60(42-50)65-58-23-12-16-49-17-13-24-59(64(49)58)66(65)68-63/h1-43,68H. The third-order valence-corrected chi connectivity index (χ3v) is 14.9. The van der Waals surface area contributed by atoms with Crippen LogP contribution in [0.1, 0.15) is 22.3 Å². The SMILES string of the molecule is c1ccc(-c2ccc(N(c3ccc(-c4ccc(-c5ccc6[nH]c7c(c6c5)-c5cccc6cccc-7c56)cc4)cc3)c3ccc4c(c3)C(c3ccccc3)(c3ccccc3)c3ccccc3-4)cc2)cc1. The number of hydrogen-bond donors (Lipinski definition) is 1. The predicted molar refractivity (Wildman–Crippen MR) is 289 cm³/mol. The molecule has 12 aromatic rings. The highest BCUT2D eigenvalue weighted by atomic mass is 15.1. The lowest BCUT2D eigenvalue weighted by atomic mass is 9.67. The highest BCUT2D eigenvalue weighted by Gasteiger charge is 2.46. The van der Waals surface area contributed by atoms with Crippen molar-refractivity contribution >= 4 is 38.7 Å². The summed E-state index contributed by atoms with van der Waals surface area (Å²) >= 11 is 0. The number of aromatic amines is 1. The molecule has 0 fully saturated rings. The van der Waals surface area contributed by atoms with E-state index in [4.69, 9.17) is 0 Å². The second-order valence-corrected chi connectivity index (χ2v) is 18.5. The Morgan fingerprint density at radius 1 is 0.319 bits per heavy atom. The second kappa shape index (κ2) is 15.6. The quantitative estimate of drug-likeness (QED) is 0.161. The lowest BCUT2D eigenvalue weighted by molar-refractivity contribution is 0.768. The van der Waals surface area contributed by atoms with Gasteiger partial charge < -0.3 is 9.88 Å². The summed E-state index contributed by atoms with van der Waals surface area (Å²) in [5, 5.41) is 3.90. The first-order valence-corrected chi connectivity index (χ1v) is 23.9. The van der Waals surface area contributed by atoms with Crippen molar-refractivity contribution in [1.29, 1.82) is 0 Å². The number of benzene rings is 11. The fourth-order valence-electron chi connectivity index (χ4n) is 11.7. The molecule has 0 spiro atoms. The van der Waals surface area contributed by atoms with Crippen LogP contribution in [0.2, 0.25) is 0 Å². The van der Waals surface area contributed by atoms with Crippen LogP contribution in [-0.4, -0.2) is 4.98 Å². The molecule has 1 aromatic heterocycles. The van der Waals surface area contributed by atoms with Crippen molar-refractivity contribution in [2.24, 2.45) is 0 Å². The van der Waals surface area contributed by atoms with Crippen LogP contribution in [-0.2, 0) is 5.41 Å². The summed E-state index contributed by atoms with van der Waals surface area (Å²) in [6, 6.07) is 96.1. The van der Waals surface area contributed by atoms with E-state index in [2.05, 4.69) is 271 Å². The van der Waals surface area contributed by atoms with Gasteiger partial charge in [0, 0.05) is 39.1 Å². The third-order valence-electron chi connectivity index (χ3n) is 14.9. The van der Waals surface area contributed by atoms with Crippen LogP contribution >= 0.6 is 0 Å². The number of anilines is 3. The summed E-state index contributed by atoms with van der Waals surface area (Å²) in [4.78, 5) is 6.18. The molecule has 14 rings (SSSR count). The second-order valence-electron chi connectivity index (χ2n) is 18.5. The zero-order valence-electron chi connectivity index (χ0n) is 37.8. The Bertz CT molecular complexity index is 3860. The fraction of sp³-hybridized carbons (Fsp3) is 0.0149. The molecule has 2 heteroatoms. The molecule has 11 aromatic carbocycles. The van der Waals surface area contributed by atoms with E-state index in [1.54, 1.807) is 0 Å². The van der Waals surface area contributed by atoms with Crippen molar-refractivity contribution in [2.45, 2.75) is 5.41 Å². The Hall–Kier alpha value is -8.98. The number of fused-ring (bicyclic) bond motifs is 8. The van der Waals surface area contributed by atoms with Crippen LogP contribution < -0.4 is 4.90 Å². The van der Waals surface area contributed by atoms with Gasteiger partial charge in [-0.15, -0.1) is 0 Å². The van der Waals surface area contributed by atoms with Crippen LogP contribution in [0, 0.1) is 0 Å². The van der Waals surface area contributed by atoms with Crippen molar-refractivity contribution in [2.75, 3.05) is 4.90 Å². The molecule has 1 heterocycles. The lowest BCUT2D eigenvalue weighted by Crippen LogP contribution is -2.28. The van der Waals surface area contributed by atoms with Gasteiger partial charge in [0.2, 0.25) is 0 Å². The first-order valence-electron chi connectivity index (χ1n) is 23.9. The summed E-state index contributed by atoms with van der Waals surface area (Å²) in [5.74, 6) is 0. The van der Waals surface area contributed by atoms with Crippen LogP contribution in [0.5, 0.6) is 0 Å². The third kappa shape index (κ3) is 6.06. The van der Waals surface area contributed by atoms with Gasteiger partial charge in [-0.05, 0) is 132 Å². The molecule has 0 bridgehead atoms. The monoisotopic (exact) mass is 876 g/mol. The molecule has 0 atom stereocenters. The van der Waals surface area contributed by atoms with Crippen LogP contribution in [0.3, 0.4) is 0 Å². The van der Waals surface area contributed by atoms with Crippen LogP contribution in [0.25, 0.3) is 88.6 Å². The molecule has 0 unspecified atom stereocenters. The van der Waals surface area contributed by atoms with E-state index in [0.717, 1.165) is 17.1 Å². The van der Waals surface area contributed by atoms with Crippen molar-refractivity contribution < 1.29 is 0 Å². The van der Waals surface area contributed by atoms with Gasteiger partial charge in [-0.25, -0.2) is 0 Å². The maximum absolute atomic E-state index is 3.76. The van der Waals surface area contributed by atoms with Gasteiger partial charge in [0.1, 0.15) is 0 Å². The number of hydrogen-bond acceptors (Lipinski definition) is 1. The fourth-order valence-corrected chi connectivity index (χ4v) is 11.7. The maximum Gasteiger partial charge on any atom is 0.0714 e. The average molecular weight is 877 g/mol. The van der Waals surface area contributed by atoms with Gasteiger partial charge in [-0.1, -0.05) is 212 Å². The van der Waals surface area contributed by atoms with Gasteiger partial charge in [-0.3, -0.25) is 0 Å². The maximum atomic E-state index is 3.76. The van der Waals surface area contributed by atoms with Gasteiger partial charge >= 0.3 is 0 Å². The highest BCUT2D eigenvalue weighted by Crippen LogP contribution is 2.57. The van der Waals surface area contributed by atoms with E-state index in [-0.39, 0.29) is 0 Å². The number of rotatable bonds is 8. The summed E-state index contributed by atoms with van der Waals surface area (Å²) < 4.78 is 0. The number of H-pyrrole nitrogens is 1. The molecule has 2 aliphatic rings. The molecule has 0 radical (unpaired) electrons. The molecular weight excluding hydrogens is 833 g/mol. The molecule has 2 aliphatic carbocycles. The van der Waals surface area contributed by atoms with Gasteiger partial charge in [0.05, 0.1) is 11.1 Å². The Morgan fingerprint density at radius 3 is 1.43 bits per heavy atom. The number of aromatic nitrogens is 1. The summed E-state index contributed by atoms with van der Waals surface area (Å²) in [6.45, 7) is 0. The van der Waals surface area contributed by atoms with E-state index in [0.29, 0.717) is 0 Å². The summed E-state index contributed by atoms with van der Waals surface area (Å²) in [6.07, 6.45) is 0. The minimum absolute atomic E-state index is 0.503. The van der Waals surface area contributed by atoms with E-state index >= 15 is 0 Å². The normalized spacial score (nSPS) is 12.8. The molecule has 1 N–H and O–H groups in total. The van der Waals surface area contributed by atoms with Crippen molar-refractivity contribution in [3.63, 3.8) is 0 Å². The zero-order valence-corrected chi connectivity index (χ0v) is 37.8. The lowest BCUT2D eigenvalue weighted by Gasteiger charge is -2.35. The zero-order chi connectivity index (χ0) is 45.5. The van der Waals surface area contributed by atoms with Crippen molar-refractivity contribution in [1.82, 2.24) is 4.98 Å². The molecular formula is C67H44N2. The van der Waals surface area contributed by atoms with Crippen LogP contribution in [0.15, 0.2) is 261 Å². The van der Waals surface area contributed by atoms with E-state index < -0.39 is 5.41 Å². The predicted octanol–water partition coefficient (Wildman–Crippen LogP) is 17.8. The van der Waals surface area contributed by atoms with E-state index in [9.17, 15) is 0 Å². The molecule has 322 valence electrons. The first kappa shape index (κ1) is 39.2. The Balaban J connectivity index is 0.849. The average Bonchev–Trinajstić information content (AvgIpc) is 4.06. The summed E-state index contributed by atoms with van der Waals surface area (Å²) in [7, 11) is 0. The number of nitrogens with one attached hydrogen (secondary N) is 1. The molecule has 0 amide bonds. The topological polar surface area (TPSA) is 19.0 Å². The molecule has 2 nitrogen and oxygen atoms in total. The van der Waals surface area contributed by atoms with Crippen LogP contribution in [0.4, 0.5) is 17.1 Å². The van der Waals surface area contributed by atoms with Gasteiger partial charge in [0.15, 0.2) is 0 Å². The molecule has 0 saturated heterocycles. The van der Waals surface area contributed by atoms with Crippen molar-refractivity contribution in [3.8, 4) is 66.9 Å². The first-order chi connectivity index (χ1) is 34.2. The molecule has 0 saturated carbocycles. The minimum Gasteiger partial charge on any atom is -0.354 e. The molecule has 0 aliphatic heterocycles. The Labute approximate surface area is 402 Å². The highest BCUT2D eigenvalue weighted by molar-refractivity contribution is 6.21. The molecule has 69 heavy (non-hydrogen) atoms. The van der Waals surface area contributed by atoms with E-state index in [1.807, 2.05) is 0 Å². The largest absolute Gasteiger partial charge is 0.354 e. The summed E-state index contributed by atoms with van der Waals surface area (Å²) in [5.41, 5.74) is 23.9. The van der Waals surface area contributed by atoms with Gasteiger partial charge in [-0.2, -0.15) is 0 Å². The Morgan fingerprint density at radius 2 is 0.797 bits per heavy atom. The Kier molecular flexibility index (Phi) is 8.84. The van der Waals surface area contributed by atoms with Crippen molar-refractivity contribution in [3.05, 3.63) is 283 Å². The smallest absolute Gasteiger partial charge is 0.0714 e. The van der Waals surface area contributed by atoms with E-state index in [1.165, 1.54) is 111 Å². The minimum atomic E-state index is -0.503. The number of nitrogens with zero attached hydrogens (tertiary/aromatic N) is 1. The van der Waals surface area contributed by atoms with Gasteiger partial charge in [0.25, 0.3) is 0 Å².